The average molecular weight is 215 g/mol. The van der Waals surface area contributed by atoms with Gasteiger partial charge in [-0.3, -0.25) is 4.79 Å². The minimum absolute atomic E-state index is 0.141. The SMILES string of the molecule is CC(C)(C)OC(=O)NC1CC(=O)OC1=O. The number of alkyl carbamates (subject to hydrolysis) is 1. The van der Waals surface area contributed by atoms with Crippen LogP contribution in [0.1, 0.15) is 27.2 Å². The Bertz CT molecular complexity index is 304. The number of carbonyl (C=O) groups excluding carboxylic acids is 3. The number of cyclic esters (lactones) is 2. The van der Waals surface area contributed by atoms with Gasteiger partial charge in [-0.25, -0.2) is 9.59 Å². The molecule has 1 aliphatic rings. The molecule has 0 radical (unpaired) electrons. The van der Waals surface area contributed by atoms with Crippen molar-refractivity contribution < 1.29 is 23.9 Å². The fraction of sp³-hybridized carbons (Fsp3) is 0.667. The maximum Gasteiger partial charge on any atom is 0.408 e. The van der Waals surface area contributed by atoms with Crippen molar-refractivity contribution in [2.24, 2.45) is 0 Å². The van der Waals surface area contributed by atoms with Crippen LogP contribution in [0.3, 0.4) is 0 Å². The highest BCUT2D eigenvalue weighted by Gasteiger charge is 2.35. The summed E-state index contributed by atoms with van der Waals surface area (Å²) in [6, 6.07) is -0.924. The minimum atomic E-state index is -0.924. The van der Waals surface area contributed by atoms with Gasteiger partial charge in [-0.15, -0.1) is 0 Å². The van der Waals surface area contributed by atoms with E-state index in [2.05, 4.69) is 10.1 Å². The van der Waals surface area contributed by atoms with Crippen molar-refractivity contribution >= 4 is 18.0 Å². The number of esters is 2. The fourth-order valence-corrected chi connectivity index (χ4v) is 1.03. The zero-order valence-electron chi connectivity index (χ0n) is 8.83. The van der Waals surface area contributed by atoms with Crippen molar-refractivity contribution in [2.75, 3.05) is 0 Å². The van der Waals surface area contributed by atoms with Gasteiger partial charge in [0.05, 0.1) is 6.42 Å². The standard InChI is InChI=1S/C9H13NO5/c1-9(2,3)15-8(13)10-5-4-6(11)14-7(5)12/h5H,4H2,1-3H3,(H,10,13). The second-order valence-electron chi connectivity index (χ2n) is 4.20. The summed E-state index contributed by atoms with van der Waals surface area (Å²) in [4.78, 5) is 32.9. The van der Waals surface area contributed by atoms with E-state index in [-0.39, 0.29) is 6.42 Å². The van der Waals surface area contributed by atoms with Crippen LogP contribution in [-0.2, 0) is 19.1 Å². The first-order chi connectivity index (χ1) is 6.78. The molecule has 0 bridgehead atoms. The molecule has 0 spiro atoms. The first-order valence-electron chi connectivity index (χ1n) is 4.52. The Balaban J connectivity index is 2.45. The number of nitrogens with one attached hydrogen (secondary N) is 1. The first-order valence-corrected chi connectivity index (χ1v) is 4.52. The van der Waals surface area contributed by atoms with Gasteiger partial charge in [-0.05, 0) is 20.8 Å². The molecular formula is C9H13NO5. The molecule has 1 amide bonds. The zero-order valence-corrected chi connectivity index (χ0v) is 8.83. The van der Waals surface area contributed by atoms with Crippen LogP contribution in [-0.4, -0.2) is 29.7 Å². The van der Waals surface area contributed by atoms with Crippen LogP contribution >= 0.6 is 0 Å². The van der Waals surface area contributed by atoms with Gasteiger partial charge in [0.15, 0.2) is 0 Å². The number of amides is 1. The predicted octanol–water partition coefficient (Wildman–Crippen LogP) is 0.353. The van der Waals surface area contributed by atoms with Crippen LogP contribution in [0.2, 0.25) is 0 Å². The molecule has 0 aromatic heterocycles. The molecule has 1 rings (SSSR count). The highest BCUT2D eigenvalue weighted by atomic mass is 16.6. The molecule has 1 N–H and O–H groups in total. The Kier molecular flexibility index (Phi) is 2.97. The van der Waals surface area contributed by atoms with Gasteiger partial charge in [-0.2, -0.15) is 0 Å². The summed E-state index contributed by atoms with van der Waals surface area (Å²) in [5, 5.41) is 2.26. The molecule has 6 nitrogen and oxygen atoms in total. The molecule has 6 heteroatoms. The summed E-state index contributed by atoms with van der Waals surface area (Å²) in [6.45, 7) is 5.10. The average Bonchev–Trinajstić information content (AvgIpc) is 2.25. The molecule has 84 valence electrons. The first kappa shape index (κ1) is 11.5. The lowest BCUT2D eigenvalue weighted by molar-refractivity contribution is -0.152. The Morgan fingerprint density at radius 1 is 1.47 bits per heavy atom. The van der Waals surface area contributed by atoms with Crippen LogP contribution in [0, 0.1) is 0 Å². The molecule has 0 aromatic rings. The summed E-state index contributed by atoms with van der Waals surface area (Å²) < 4.78 is 9.17. The monoisotopic (exact) mass is 215 g/mol. The summed E-state index contributed by atoms with van der Waals surface area (Å²) in [6.07, 6.45) is -0.878. The summed E-state index contributed by atoms with van der Waals surface area (Å²) in [5.41, 5.74) is -0.642. The molecule has 1 heterocycles. The molecular weight excluding hydrogens is 202 g/mol. The third kappa shape index (κ3) is 3.57. The topological polar surface area (TPSA) is 81.7 Å². The van der Waals surface area contributed by atoms with Gasteiger partial charge < -0.3 is 14.8 Å². The highest BCUT2D eigenvalue weighted by molar-refractivity contribution is 5.98. The van der Waals surface area contributed by atoms with Crippen molar-refractivity contribution in [1.29, 1.82) is 0 Å². The Morgan fingerprint density at radius 2 is 2.07 bits per heavy atom. The van der Waals surface area contributed by atoms with Gasteiger partial charge in [0.25, 0.3) is 0 Å². The van der Waals surface area contributed by atoms with Crippen molar-refractivity contribution in [3.8, 4) is 0 Å². The van der Waals surface area contributed by atoms with E-state index >= 15 is 0 Å². The maximum atomic E-state index is 11.2. The molecule has 0 aliphatic carbocycles. The Hall–Kier alpha value is -1.59. The van der Waals surface area contributed by atoms with Crippen molar-refractivity contribution in [3.63, 3.8) is 0 Å². The van der Waals surface area contributed by atoms with E-state index in [0.29, 0.717) is 0 Å². The van der Waals surface area contributed by atoms with Crippen molar-refractivity contribution in [2.45, 2.75) is 38.8 Å². The minimum Gasteiger partial charge on any atom is -0.444 e. The number of hydrogen-bond donors (Lipinski definition) is 1. The van der Waals surface area contributed by atoms with E-state index in [1.54, 1.807) is 20.8 Å². The van der Waals surface area contributed by atoms with Gasteiger partial charge in [-0.1, -0.05) is 0 Å². The van der Waals surface area contributed by atoms with Gasteiger partial charge in [0.2, 0.25) is 0 Å². The van der Waals surface area contributed by atoms with Gasteiger partial charge >= 0.3 is 18.0 Å². The second kappa shape index (κ2) is 3.88. The summed E-state index contributed by atoms with van der Waals surface area (Å²) >= 11 is 0. The second-order valence-corrected chi connectivity index (χ2v) is 4.20. The molecule has 1 saturated heterocycles. The number of hydrogen-bond acceptors (Lipinski definition) is 5. The lowest BCUT2D eigenvalue weighted by Gasteiger charge is -2.20. The van der Waals surface area contributed by atoms with Crippen LogP contribution in [0.15, 0.2) is 0 Å². The molecule has 1 aliphatic heterocycles. The smallest absolute Gasteiger partial charge is 0.408 e. The normalized spacial score (nSPS) is 21.1. The highest BCUT2D eigenvalue weighted by Crippen LogP contribution is 2.10. The molecule has 1 unspecified atom stereocenters. The summed E-state index contributed by atoms with van der Waals surface area (Å²) in [5.74, 6) is -1.38. The Labute approximate surface area is 86.9 Å². The van der Waals surface area contributed by atoms with Crippen molar-refractivity contribution in [1.82, 2.24) is 5.32 Å². The van der Waals surface area contributed by atoms with Gasteiger partial charge in [0.1, 0.15) is 11.6 Å². The van der Waals surface area contributed by atoms with Crippen LogP contribution in [0.5, 0.6) is 0 Å². The molecule has 1 atom stereocenters. The number of rotatable bonds is 1. The van der Waals surface area contributed by atoms with Crippen molar-refractivity contribution in [3.05, 3.63) is 0 Å². The van der Waals surface area contributed by atoms with Gasteiger partial charge in [0, 0.05) is 0 Å². The van der Waals surface area contributed by atoms with Crippen LogP contribution < -0.4 is 5.32 Å². The summed E-state index contributed by atoms with van der Waals surface area (Å²) in [7, 11) is 0. The zero-order chi connectivity index (χ0) is 11.6. The van der Waals surface area contributed by atoms with E-state index in [0.717, 1.165) is 0 Å². The Morgan fingerprint density at radius 3 is 2.47 bits per heavy atom. The molecule has 0 aromatic carbocycles. The number of ether oxygens (including phenoxy) is 2. The van der Waals surface area contributed by atoms with E-state index in [1.165, 1.54) is 0 Å². The maximum absolute atomic E-state index is 11.2. The number of carbonyl (C=O) groups is 3. The predicted molar refractivity (Wildman–Crippen MR) is 48.9 cm³/mol. The van der Waals surface area contributed by atoms with E-state index in [4.69, 9.17) is 4.74 Å². The van der Waals surface area contributed by atoms with Crippen LogP contribution in [0.25, 0.3) is 0 Å². The quantitative estimate of drug-likeness (QED) is 0.504. The van der Waals surface area contributed by atoms with E-state index in [9.17, 15) is 14.4 Å². The lowest BCUT2D eigenvalue weighted by Crippen LogP contribution is -2.41. The van der Waals surface area contributed by atoms with E-state index in [1.807, 2.05) is 0 Å². The fourth-order valence-electron chi connectivity index (χ4n) is 1.03. The van der Waals surface area contributed by atoms with E-state index < -0.39 is 29.7 Å². The molecule has 1 fully saturated rings. The van der Waals surface area contributed by atoms with Crippen LogP contribution in [0.4, 0.5) is 4.79 Å². The third-order valence-corrected chi connectivity index (χ3v) is 1.56. The largest absolute Gasteiger partial charge is 0.444 e. The molecule has 15 heavy (non-hydrogen) atoms. The molecule has 0 saturated carbocycles. The third-order valence-electron chi connectivity index (χ3n) is 1.56. The lowest BCUT2D eigenvalue weighted by atomic mass is 10.2.